The van der Waals surface area contributed by atoms with E-state index in [1.807, 2.05) is 26.8 Å². The Bertz CT molecular complexity index is 894. The fourth-order valence-corrected chi connectivity index (χ4v) is 4.64. The third kappa shape index (κ3) is 3.81. The molecule has 1 saturated heterocycles. The second-order valence-corrected chi connectivity index (χ2v) is 8.39. The lowest BCUT2D eigenvalue weighted by Gasteiger charge is -2.17. The first-order valence-corrected chi connectivity index (χ1v) is 9.87. The van der Waals surface area contributed by atoms with Crippen molar-refractivity contribution in [2.45, 2.75) is 38.2 Å². The summed E-state index contributed by atoms with van der Waals surface area (Å²) >= 11 is 0. The van der Waals surface area contributed by atoms with Crippen molar-refractivity contribution < 1.29 is 17.9 Å². The van der Waals surface area contributed by atoms with E-state index in [9.17, 15) is 8.42 Å². The maximum absolute atomic E-state index is 12.9. The van der Waals surface area contributed by atoms with E-state index in [4.69, 9.17) is 9.47 Å². The Balaban J connectivity index is 1.74. The smallest absolute Gasteiger partial charge is 0.317 e. The van der Waals surface area contributed by atoms with Gasteiger partial charge in [0.05, 0.1) is 18.6 Å². The zero-order chi connectivity index (χ0) is 18.9. The Labute approximate surface area is 154 Å². The van der Waals surface area contributed by atoms with Crippen LogP contribution < -0.4 is 9.47 Å². The van der Waals surface area contributed by atoms with Gasteiger partial charge in [0, 0.05) is 17.9 Å². The number of aryl methyl sites for hydroxylation is 3. The predicted molar refractivity (Wildman–Crippen MR) is 97.0 cm³/mol. The highest BCUT2D eigenvalue weighted by Gasteiger charge is 2.34. The van der Waals surface area contributed by atoms with Gasteiger partial charge in [0.25, 0.3) is 0 Å². The molecule has 1 aliphatic rings. The zero-order valence-electron chi connectivity index (χ0n) is 15.4. The zero-order valence-corrected chi connectivity index (χ0v) is 16.2. The lowest BCUT2D eigenvalue weighted by atomic mass is 10.2. The molecule has 1 aromatic heterocycles. The third-order valence-electron chi connectivity index (χ3n) is 4.35. The summed E-state index contributed by atoms with van der Waals surface area (Å²) < 4.78 is 38.2. The normalized spacial score (nSPS) is 18.1. The van der Waals surface area contributed by atoms with Gasteiger partial charge < -0.3 is 9.47 Å². The maximum Gasteiger partial charge on any atom is 0.317 e. The monoisotopic (exact) mass is 377 g/mol. The van der Waals surface area contributed by atoms with Gasteiger partial charge >= 0.3 is 6.01 Å². The van der Waals surface area contributed by atoms with E-state index in [2.05, 4.69) is 9.97 Å². The molecule has 0 radical (unpaired) electrons. The van der Waals surface area contributed by atoms with Gasteiger partial charge in [-0.15, -0.1) is 0 Å². The minimum absolute atomic E-state index is 0.259. The second-order valence-electron chi connectivity index (χ2n) is 6.46. The van der Waals surface area contributed by atoms with E-state index in [1.54, 1.807) is 25.3 Å². The van der Waals surface area contributed by atoms with Gasteiger partial charge in [-0.2, -0.15) is 4.31 Å². The van der Waals surface area contributed by atoms with Gasteiger partial charge in [-0.3, -0.25) is 0 Å². The molecule has 0 bridgehead atoms. The largest absolute Gasteiger partial charge is 0.496 e. The van der Waals surface area contributed by atoms with Crippen molar-refractivity contribution in [2.75, 3.05) is 20.2 Å². The molecule has 0 unspecified atom stereocenters. The van der Waals surface area contributed by atoms with Crippen LogP contribution in [0.2, 0.25) is 0 Å². The second kappa shape index (κ2) is 7.20. The molecule has 7 nitrogen and oxygen atoms in total. The molecular formula is C18H23N3O4S. The molecule has 140 valence electrons. The first-order chi connectivity index (χ1) is 12.3. The molecule has 1 aromatic carbocycles. The van der Waals surface area contributed by atoms with E-state index in [0.29, 0.717) is 24.7 Å². The number of nitrogens with zero attached hydrogens (tertiary/aromatic N) is 3. The standard InChI is InChI=1S/C18H23N3O4S/c1-12-9-16(5-6-17(12)24-4)26(22,23)21-8-7-15(11-21)25-18-19-13(2)10-14(3)20-18/h5-6,9-10,15H,7-8,11H2,1-4H3/t15-/m1/s1. The minimum Gasteiger partial charge on any atom is -0.496 e. The van der Waals surface area contributed by atoms with E-state index in [0.717, 1.165) is 17.0 Å². The molecule has 26 heavy (non-hydrogen) atoms. The average molecular weight is 377 g/mol. The summed E-state index contributed by atoms with van der Waals surface area (Å²) in [5.74, 6) is 0.665. The Hall–Kier alpha value is -2.19. The number of aromatic nitrogens is 2. The lowest BCUT2D eigenvalue weighted by Crippen LogP contribution is -2.31. The number of sulfonamides is 1. The molecule has 8 heteroatoms. The first kappa shape index (κ1) is 18.6. The summed E-state index contributed by atoms with van der Waals surface area (Å²) in [7, 11) is -2.01. The van der Waals surface area contributed by atoms with Crippen molar-refractivity contribution in [1.82, 2.24) is 14.3 Å². The van der Waals surface area contributed by atoms with Gasteiger partial charge in [0.1, 0.15) is 11.9 Å². The van der Waals surface area contributed by atoms with Crippen LogP contribution in [0.15, 0.2) is 29.2 Å². The summed E-state index contributed by atoms with van der Waals surface area (Å²) in [4.78, 5) is 8.78. The fraction of sp³-hybridized carbons (Fsp3) is 0.444. The highest BCUT2D eigenvalue weighted by molar-refractivity contribution is 7.89. The number of rotatable bonds is 5. The SMILES string of the molecule is COc1ccc(S(=O)(=O)N2CC[C@@H](Oc3nc(C)cc(C)n3)C2)cc1C. The molecule has 0 N–H and O–H groups in total. The molecule has 0 spiro atoms. The van der Waals surface area contributed by atoms with Crippen LogP contribution in [0, 0.1) is 20.8 Å². The summed E-state index contributed by atoms with van der Waals surface area (Å²) in [6.07, 6.45) is 0.343. The highest BCUT2D eigenvalue weighted by atomic mass is 32.2. The molecule has 2 heterocycles. The molecule has 2 aromatic rings. The van der Waals surface area contributed by atoms with Crippen molar-refractivity contribution in [3.8, 4) is 11.8 Å². The number of hydrogen-bond donors (Lipinski definition) is 0. The van der Waals surface area contributed by atoms with E-state index in [1.165, 1.54) is 4.31 Å². The molecule has 3 rings (SSSR count). The number of ether oxygens (including phenoxy) is 2. The summed E-state index contributed by atoms with van der Waals surface area (Å²) in [6.45, 7) is 6.26. The Morgan fingerprint density at radius 3 is 2.42 bits per heavy atom. The summed E-state index contributed by atoms with van der Waals surface area (Å²) in [5, 5.41) is 0. The predicted octanol–water partition coefficient (Wildman–Crippen LogP) is 2.25. The van der Waals surface area contributed by atoms with Crippen molar-refractivity contribution >= 4 is 10.0 Å². The average Bonchev–Trinajstić information content (AvgIpc) is 3.03. The van der Waals surface area contributed by atoms with Gasteiger partial charge in [0.2, 0.25) is 10.0 Å². The third-order valence-corrected chi connectivity index (χ3v) is 6.21. The molecule has 0 amide bonds. The van der Waals surface area contributed by atoms with E-state index >= 15 is 0 Å². The Morgan fingerprint density at radius 1 is 1.12 bits per heavy atom. The van der Waals surface area contributed by atoms with Gasteiger partial charge in [0.15, 0.2) is 0 Å². The van der Waals surface area contributed by atoms with Crippen molar-refractivity contribution in [1.29, 1.82) is 0 Å². The molecular weight excluding hydrogens is 354 g/mol. The van der Waals surface area contributed by atoms with Crippen LogP contribution in [0.1, 0.15) is 23.4 Å². The molecule has 0 aliphatic carbocycles. The van der Waals surface area contributed by atoms with Crippen LogP contribution in [0.4, 0.5) is 0 Å². The minimum atomic E-state index is -3.57. The summed E-state index contributed by atoms with van der Waals surface area (Å²) in [6, 6.07) is 7.05. The number of methoxy groups -OCH3 is 1. The van der Waals surface area contributed by atoms with Gasteiger partial charge in [-0.05, 0) is 57.0 Å². The quantitative estimate of drug-likeness (QED) is 0.795. The fourth-order valence-electron chi connectivity index (χ4n) is 3.07. The maximum atomic E-state index is 12.9. The molecule has 1 fully saturated rings. The number of hydrogen-bond acceptors (Lipinski definition) is 6. The molecule has 0 saturated carbocycles. The van der Waals surface area contributed by atoms with Gasteiger partial charge in [-0.1, -0.05) is 0 Å². The van der Waals surface area contributed by atoms with Gasteiger partial charge in [-0.25, -0.2) is 18.4 Å². The Kier molecular flexibility index (Phi) is 5.15. The van der Waals surface area contributed by atoms with Crippen LogP contribution in [0.5, 0.6) is 11.8 Å². The Morgan fingerprint density at radius 2 is 1.81 bits per heavy atom. The van der Waals surface area contributed by atoms with Crippen molar-refractivity contribution in [3.05, 3.63) is 41.2 Å². The van der Waals surface area contributed by atoms with Crippen LogP contribution in [-0.2, 0) is 10.0 Å². The highest BCUT2D eigenvalue weighted by Crippen LogP contribution is 2.27. The van der Waals surface area contributed by atoms with Crippen molar-refractivity contribution in [2.24, 2.45) is 0 Å². The topological polar surface area (TPSA) is 81.6 Å². The number of benzene rings is 1. The van der Waals surface area contributed by atoms with Crippen LogP contribution in [0.25, 0.3) is 0 Å². The van der Waals surface area contributed by atoms with E-state index < -0.39 is 10.0 Å². The van der Waals surface area contributed by atoms with Crippen LogP contribution >= 0.6 is 0 Å². The molecule has 1 atom stereocenters. The van der Waals surface area contributed by atoms with Crippen LogP contribution in [-0.4, -0.2) is 49.0 Å². The first-order valence-electron chi connectivity index (χ1n) is 8.43. The van der Waals surface area contributed by atoms with Crippen molar-refractivity contribution in [3.63, 3.8) is 0 Å². The lowest BCUT2D eigenvalue weighted by molar-refractivity contribution is 0.197. The molecule has 1 aliphatic heterocycles. The van der Waals surface area contributed by atoms with E-state index in [-0.39, 0.29) is 17.5 Å². The summed E-state index contributed by atoms with van der Waals surface area (Å²) in [5.41, 5.74) is 2.43. The van der Waals surface area contributed by atoms with Crippen LogP contribution in [0.3, 0.4) is 0 Å².